The molecule has 8 atom stereocenters. The summed E-state index contributed by atoms with van der Waals surface area (Å²) in [5, 5.41) is 10.8. The third kappa shape index (κ3) is 3.17. The molecule has 4 saturated carbocycles. The third-order valence-corrected chi connectivity index (χ3v) is 11.3. The molecule has 0 aromatic carbocycles. The van der Waals surface area contributed by atoms with E-state index in [4.69, 9.17) is 0 Å². The maximum atomic E-state index is 13.9. The maximum absolute atomic E-state index is 13.9. The molecule has 0 unspecified atom stereocenters. The van der Waals surface area contributed by atoms with Gasteiger partial charge < -0.3 is 5.11 Å². The van der Waals surface area contributed by atoms with Crippen LogP contribution in [-0.4, -0.2) is 17.0 Å². The minimum Gasteiger partial charge on any atom is -0.392 e. The molecule has 0 radical (unpaired) electrons. The van der Waals surface area contributed by atoms with Crippen molar-refractivity contribution >= 4 is 5.78 Å². The highest BCUT2D eigenvalue weighted by molar-refractivity contribution is 5.85. The van der Waals surface area contributed by atoms with Gasteiger partial charge in [0.15, 0.2) is 0 Å². The lowest BCUT2D eigenvalue weighted by atomic mass is 9.45. The number of carbonyl (C=O) groups is 1. The number of hydrogen-bond acceptors (Lipinski definition) is 2. The Morgan fingerprint density at radius 3 is 2.48 bits per heavy atom. The molecule has 5 rings (SSSR count). The van der Waals surface area contributed by atoms with E-state index < -0.39 is 0 Å². The predicted octanol–water partition coefficient (Wildman–Crippen LogP) is 6.96. The smallest absolute Gasteiger partial charge is 0.137 e. The molecule has 2 heteroatoms. The Morgan fingerprint density at radius 2 is 1.81 bits per heavy atom. The van der Waals surface area contributed by atoms with Crippen molar-refractivity contribution in [1.29, 1.82) is 0 Å². The van der Waals surface area contributed by atoms with Gasteiger partial charge in [0.1, 0.15) is 5.78 Å². The summed E-state index contributed by atoms with van der Waals surface area (Å²) in [4.78, 5) is 13.9. The quantitative estimate of drug-likeness (QED) is 0.483. The van der Waals surface area contributed by atoms with Crippen LogP contribution in [-0.2, 0) is 4.79 Å². The molecule has 0 amide bonds. The van der Waals surface area contributed by atoms with Crippen molar-refractivity contribution in [3.05, 3.63) is 11.6 Å². The van der Waals surface area contributed by atoms with Crippen molar-refractivity contribution < 1.29 is 9.90 Å². The molecule has 0 aromatic heterocycles. The molecule has 0 aliphatic heterocycles. The second-order valence-electron chi connectivity index (χ2n) is 13.4. The van der Waals surface area contributed by atoms with E-state index in [1.54, 1.807) is 0 Å². The van der Waals surface area contributed by atoms with Gasteiger partial charge in [-0.15, -0.1) is 0 Å². The maximum Gasteiger partial charge on any atom is 0.137 e. The van der Waals surface area contributed by atoms with E-state index in [-0.39, 0.29) is 28.3 Å². The summed E-state index contributed by atoms with van der Waals surface area (Å²) in [5.41, 5.74) is 1.76. The van der Waals surface area contributed by atoms with Crippen LogP contribution in [0.3, 0.4) is 0 Å². The first-order valence-electron chi connectivity index (χ1n) is 13.6. The highest BCUT2D eigenvalue weighted by Crippen LogP contribution is 2.72. The second-order valence-corrected chi connectivity index (χ2v) is 13.4. The van der Waals surface area contributed by atoms with Gasteiger partial charge in [-0.05, 0) is 85.4 Å². The predicted molar refractivity (Wildman–Crippen MR) is 126 cm³/mol. The van der Waals surface area contributed by atoms with Gasteiger partial charge in [-0.25, -0.2) is 0 Å². The number of allylic oxidation sites excluding steroid dienone is 1. The van der Waals surface area contributed by atoms with Crippen LogP contribution in [0.5, 0.6) is 0 Å². The summed E-state index contributed by atoms with van der Waals surface area (Å²) in [5.74, 6) is 4.29. The normalized spacial score (nSPS) is 46.4. The van der Waals surface area contributed by atoms with Crippen molar-refractivity contribution in [2.75, 3.05) is 0 Å². The first-order valence-corrected chi connectivity index (χ1v) is 13.6. The average molecular weight is 427 g/mol. The first kappa shape index (κ1) is 22.2. The van der Waals surface area contributed by atoms with Crippen LogP contribution in [0.25, 0.3) is 0 Å². The van der Waals surface area contributed by atoms with E-state index in [0.717, 1.165) is 56.3 Å². The summed E-state index contributed by atoms with van der Waals surface area (Å²) in [6.07, 6.45) is 15.1. The molecule has 5 aliphatic rings. The largest absolute Gasteiger partial charge is 0.392 e. The van der Waals surface area contributed by atoms with Gasteiger partial charge in [-0.1, -0.05) is 65.5 Å². The van der Waals surface area contributed by atoms with Crippen molar-refractivity contribution in [1.82, 2.24) is 0 Å². The summed E-state index contributed by atoms with van der Waals surface area (Å²) in [6.45, 7) is 12.0. The van der Waals surface area contributed by atoms with Gasteiger partial charge in [0.25, 0.3) is 0 Å². The zero-order chi connectivity index (χ0) is 22.2. The van der Waals surface area contributed by atoms with Gasteiger partial charge in [0.05, 0.1) is 6.10 Å². The number of fused-ring (bicyclic) bond motifs is 6. The molecule has 0 bridgehead atoms. The zero-order valence-electron chi connectivity index (χ0n) is 20.8. The minimum absolute atomic E-state index is 0.0119. The van der Waals surface area contributed by atoms with Gasteiger partial charge >= 0.3 is 0 Å². The fourth-order valence-corrected chi connectivity index (χ4v) is 9.67. The molecule has 0 saturated heterocycles. The van der Waals surface area contributed by atoms with E-state index in [2.05, 4.69) is 40.7 Å². The van der Waals surface area contributed by atoms with Crippen molar-refractivity contribution in [3.8, 4) is 0 Å². The molecule has 174 valence electrons. The Hall–Kier alpha value is -0.630. The molecule has 4 fully saturated rings. The second kappa shape index (κ2) is 7.44. The molecule has 0 heterocycles. The van der Waals surface area contributed by atoms with Gasteiger partial charge in [-0.3, -0.25) is 4.79 Å². The monoisotopic (exact) mass is 426 g/mol. The highest BCUT2D eigenvalue weighted by atomic mass is 16.3. The minimum atomic E-state index is -0.171. The van der Waals surface area contributed by atoms with Crippen molar-refractivity contribution in [2.24, 2.45) is 51.8 Å². The Bertz CT molecular complexity index is 761. The lowest BCUT2D eigenvalue weighted by molar-refractivity contribution is -0.147. The molecular weight excluding hydrogens is 380 g/mol. The Morgan fingerprint density at radius 1 is 1.06 bits per heavy atom. The summed E-state index contributed by atoms with van der Waals surface area (Å²) < 4.78 is 0. The Balaban J connectivity index is 1.40. The number of carbonyl (C=O) groups excluding carboxylic acids is 1. The van der Waals surface area contributed by atoms with Crippen LogP contribution in [0.1, 0.15) is 105 Å². The van der Waals surface area contributed by atoms with E-state index in [1.165, 1.54) is 37.7 Å². The molecule has 5 aliphatic carbocycles. The average Bonchev–Trinajstić information content (AvgIpc) is 3.40. The Labute approximate surface area is 190 Å². The summed E-state index contributed by atoms with van der Waals surface area (Å²) >= 11 is 0. The molecule has 0 aromatic rings. The number of aliphatic hydroxyl groups is 1. The van der Waals surface area contributed by atoms with Crippen LogP contribution in [0, 0.1) is 51.8 Å². The molecule has 1 spiro atoms. The van der Waals surface area contributed by atoms with Crippen molar-refractivity contribution in [2.45, 2.75) is 111 Å². The topological polar surface area (TPSA) is 37.3 Å². The number of rotatable bonds is 5. The van der Waals surface area contributed by atoms with Crippen LogP contribution in [0.2, 0.25) is 0 Å². The van der Waals surface area contributed by atoms with Gasteiger partial charge in [0.2, 0.25) is 0 Å². The van der Waals surface area contributed by atoms with Crippen LogP contribution >= 0.6 is 0 Å². The number of aliphatic hydroxyl groups excluding tert-OH is 1. The molecular formula is C29H46O2. The lowest BCUT2D eigenvalue weighted by Gasteiger charge is -2.59. The zero-order valence-corrected chi connectivity index (χ0v) is 20.8. The van der Waals surface area contributed by atoms with Crippen molar-refractivity contribution in [3.63, 3.8) is 0 Å². The SMILES string of the molecule is CC(C)CCC[C@@H](C)[C@H]1CC[C@H]2[C@@H]3CC=C4C5(CC5)[C@@H](O)CC[C@]4(C)[C@H]3C(=O)C[C@]12C. The first-order chi connectivity index (χ1) is 14.6. The third-order valence-electron chi connectivity index (χ3n) is 11.3. The van der Waals surface area contributed by atoms with Crippen LogP contribution in [0.15, 0.2) is 11.6 Å². The molecule has 1 N–H and O–H groups in total. The fraction of sp³-hybridized carbons (Fsp3) is 0.897. The number of hydrogen-bond donors (Lipinski definition) is 1. The van der Waals surface area contributed by atoms with Gasteiger partial charge in [-0.2, -0.15) is 0 Å². The lowest BCUT2D eigenvalue weighted by Crippen LogP contribution is -2.56. The highest BCUT2D eigenvalue weighted by Gasteiger charge is 2.67. The number of Topliss-reactive ketones (excluding diaryl/α,β-unsaturated/α-hetero) is 1. The van der Waals surface area contributed by atoms with E-state index in [9.17, 15) is 9.90 Å². The van der Waals surface area contributed by atoms with E-state index in [0.29, 0.717) is 17.6 Å². The summed E-state index contributed by atoms with van der Waals surface area (Å²) in [6, 6.07) is 0. The van der Waals surface area contributed by atoms with E-state index in [1.807, 2.05) is 0 Å². The Kier molecular flexibility index (Phi) is 5.32. The fourth-order valence-electron chi connectivity index (χ4n) is 9.67. The standard InChI is InChI=1S/C29H46O2/c1-18(2)7-6-8-19(3)21-10-11-22-20-9-12-24-27(4,14-13-25(31)29(24)15-16-29)26(20)23(30)17-28(21,22)5/h12,18-22,25-26,31H,6-11,13-17H2,1-5H3/t19-,20+,21-,22+,25+,26-,27+,28-/m1/s1. The molecule has 2 nitrogen and oxygen atoms in total. The van der Waals surface area contributed by atoms with Gasteiger partial charge in [0, 0.05) is 17.8 Å². The van der Waals surface area contributed by atoms with Crippen LogP contribution in [0.4, 0.5) is 0 Å². The van der Waals surface area contributed by atoms with E-state index >= 15 is 0 Å². The summed E-state index contributed by atoms with van der Waals surface area (Å²) in [7, 11) is 0. The van der Waals surface area contributed by atoms with Crippen LogP contribution < -0.4 is 0 Å². The molecule has 31 heavy (non-hydrogen) atoms. The number of ketones is 1.